The van der Waals surface area contributed by atoms with E-state index in [-0.39, 0.29) is 0 Å². The number of nitrogen functional groups attached to an aromatic ring is 1. The van der Waals surface area contributed by atoms with Crippen LogP contribution in [0.5, 0.6) is 0 Å². The molecule has 0 saturated heterocycles. The molecule has 0 bridgehead atoms. The zero-order valence-corrected chi connectivity index (χ0v) is 7.72. The molecule has 0 aliphatic rings. The van der Waals surface area contributed by atoms with Gasteiger partial charge >= 0.3 is 0 Å². The minimum atomic E-state index is 0.554. The quantitative estimate of drug-likeness (QED) is 0.774. The van der Waals surface area contributed by atoms with E-state index in [2.05, 4.69) is 9.97 Å². The van der Waals surface area contributed by atoms with Gasteiger partial charge in [0.15, 0.2) is 0 Å². The van der Waals surface area contributed by atoms with Gasteiger partial charge in [-0.05, 0) is 29.8 Å². The van der Waals surface area contributed by atoms with E-state index in [4.69, 9.17) is 5.73 Å². The smallest absolute Gasteiger partial charge is 0.123 e. The molecule has 0 aromatic carbocycles. The lowest BCUT2D eigenvalue weighted by molar-refractivity contribution is 1.07. The lowest BCUT2D eigenvalue weighted by Gasteiger charge is -2.00. The van der Waals surface area contributed by atoms with Gasteiger partial charge in [0.25, 0.3) is 0 Å². The fourth-order valence-electron chi connectivity index (χ4n) is 1.32. The third kappa shape index (κ3) is 2.07. The Labute approximate surface area is 82.6 Å². The fourth-order valence-corrected chi connectivity index (χ4v) is 1.32. The van der Waals surface area contributed by atoms with E-state index in [9.17, 15) is 0 Å². The molecule has 3 nitrogen and oxygen atoms in total. The largest absolute Gasteiger partial charge is 0.384 e. The molecular formula is C11H11N3. The summed E-state index contributed by atoms with van der Waals surface area (Å²) < 4.78 is 0. The van der Waals surface area contributed by atoms with Crippen LogP contribution in [-0.2, 0) is 6.42 Å². The maximum Gasteiger partial charge on any atom is 0.123 e. The van der Waals surface area contributed by atoms with E-state index >= 15 is 0 Å². The maximum absolute atomic E-state index is 5.58. The second kappa shape index (κ2) is 3.87. The van der Waals surface area contributed by atoms with Crippen molar-refractivity contribution in [3.8, 4) is 0 Å². The van der Waals surface area contributed by atoms with Gasteiger partial charge in [0.05, 0.1) is 0 Å². The van der Waals surface area contributed by atoms with Crippen LogP contribution >= 0.6 is 0 Å². The molecule has 0 atom stereocenters. The molecule has 0 radical (unpaired) electrons. The molecule has 0 unspecified atom stereocenters. The van der Waals surface area contributed by atoms with E-state index in [1.54, 1.807) is 12.4 Å². The van der Waals surface area contributed by atoms with Crippen molar-refractivity contribution in [2.45, 2.75) is 6.42 Å². The summed E-state index contributed by atoms with van der Waals surface area (Å²) in [5.74, 6) is 0.554. The molecule has 2 aromatic rings. The van der Waals surface area contributed by atoms with Gasteiger partial charge in [-0.15, -0.1) is 0 Å². The summed E-state index contributed by atoms with van der Waals surface area (Å²) in [7, 11) is 0. The Hall–Kier alpha value is -1.90. The van der Waals surface area contributed by atoms with Crippen molar-refractivity contribution < 1.29 is 0 Å². The summed E-state index contributed by atoms with van der Waals surface area (Å²) >= 11 is 0. The molecule has 0 amide bonds. The van der Waals surface area contributed by atoms with Gasteiger partial charge in [-0.25, -0.2) is 4.98 Å². The summed E-state index contributed by atoms with van der Waals surface area (Å²) in [6.07, 6.45) is 4.31. The molecule has 0 spiro atoms. The highest BCUT2D eigenvalue weighted by Crippen LogP contribution is 2.08. The van der Waals surface area contributed by atoms with E-state index in [1.165, 1.54) is 0 Å². The summed E-state index contributed by atoms with van der Waals surface area (Å²) in [4.78, 5) is 8.18. The standard InChI is InChI=1S/C11H11N3/c12-11-8-9(4-6-14-11)7-10-3-1-2-5-13-10/h1-6,8H,7H2,(H2,12,14). The third-order valence-corrected chi connectivity index (χ3v) is 1.96. The third-order valence-electron chi connectivity index (χ3n) is 1.96. The Morgan fingerprint density at radius 2 is 2.00 bits per heavy atom. The number of nitrogens with zero attached hydrogens (tertiary/aromatic N) is 2. The van der Waals surface area contributed by atoms with Gasteiger partial charge in [-0.3, -0.25) is 4.98 Å². The Balaban J connectivity index is 2.19. The predicted molar refractivity (Wildman–Crippen MR) is 55.7 cm³/mol. The van der Waals surface area contributed by atoms with Crippen LogP contribution in [0.1, 0.15) is 11.3 Å². The average Bonchev–Trinajstić information content (AvgIpc) is 2.19. The Bertz CT molecular complexity index is 412. The highest BCUT2D eigenvalue weighted by molar-refractivity contribution is 5.33. The zero-order chi connectivity index (χ0) is 9.80. The lowest BCUT2D eigenvalue weighted by atomic mass is 10.1. The van der Waals surface area contributed by atoms with Crippen LogP contribution in [-0.4, -0.2) is 9.97 Å². The van der Waals surface area contributed by atoms with Crippen LogP contribution in [0.3, 0.4) is 0 Å². The monoisotopic (exact) mass is 185 g/mol. The van der Waals surface area contributed by atoms with Crippen molar-refractivity contribution in [3.05, 3.63) is 54.0 Å². The van der Waals surface area contributed by atoms with E-state index in [0.29, 0.717) is 5.82 Å². The van der Waals surface area contributed by atoms with E-state index in [0.717, 1.165) is 17.7 Å². The fraction of sp³-hybridized carbons (Fsp3) is 0.0909. The number of hydrogen-bond donors (Lipinski definition) is 1. The molecule has 0 fully saturated rings. The number of anilines is 1. The lowest BCUT2D eigenvalue weighted by Crippen LogP contribution is -1.94. The number of aromatic nitrogens is 2. The molecule has 2 rings (SSSR count). The zero-order valence-electron chi connectivity index (χ0n) is 7.72. The van der Waals surface area contributed by atoms with Gasteiger partial charge in [0, 0.05) is 24.5 Å². The molecule has 0 aliphatic heterocycles. The van der Waals surface area contributed by atoms with Crippen LogP contribution in [0.25, 0.3) is 0 Å². The Morgan fingerprint density at radius 1 is 1.07 bits per heavy atom. The van der Waals surface area contributed by atoms with Crippen LogP contribution in [0.4, 0.5) is 5.82 Å². The second-order valence-corrected chi connectivity index (χ2v) is 3.09. The van der Waals surface area contributed by atoms with Gasteiger partial charge < -0.3 is 5.73 Å². The minimum Gasteiger partial charge on any atom is -0.384 e. The molecule has 2 heterocycles. The predicted octanol–water partition coefficient (Wildman–Crippen LogP) is 1.65. The van der Waals surface area contributed by atoms with Gasteiger partial charge in [-0.2, -0.15) is 0 Å². The number of hydrogen-bond acceptors (Lipinski definition) is 3. The molecule has 70 valence electrons. The highest BCUT2D eigenvalue weighted by Gasteiger charge is 1.97. The first kappa shape index (κ1) is 8.69. The van der Waals surface area contributed by atoms with E-state index in [1.807, 2.05) is 30.3 Å². The van der Waals surface area contributed by atoms with E-state index < -0.39 is 0 Å². The van der Waals surface area contributed by atoms with Crippen LogP contribution in [0, 0.1) is 0 Å². The average molecular weight is 185 g/mol. The van der Waals surface area contributed by atoms with Gasteiger partial charge in [0.2, 0.25) is 0 Å². The Kier molecular flexibility index (Phi) is 2.40. The molecule has 2 aromatic heterocycles. The molecule has 3 heteroatoms. The summed E-state index contributed by atoms with van der Waals surface area (Å²) in [6.45, 7) is 0. The topological polar surface area (TPSA) is 51.8 Å². The van der Waals surface area contributed by atoms with Crippen LogP contribution in [0.15, 0.2) is 42.7 Å². The first-order chi connectivity index (χ1) is 6.84. The van der Waals surface area contributed by atoms with Crippen molar-refractivity contribution >= 4 is 5.82 Å². The normalized spacial score (nSPS) is 10.0. The first-order valence-electron chi connectivity index (χ1n) is 4.45. The molecule has 0 saturated carbocycles. The van der Waals surface area contributed by atoms with Crippen molar-refractivity contribution in [2.75, 3.05) is 5.73 Å². The van der Waals surface area contributed by atoms with Crippen LogP contribution in [0.2, 0.25) is 0 Å². The molecule has 14 heavy (non-hydrogen) atoms. The highest BCUT2D eigenvalue weighted by atomic mass is 14.8. The maximum atomic E-state index is 5.58. The Morgan fingerprint density at radius 3 is 2.71 bits per heavy atom. The first-order valence-corrected chi connectivity index (χ1v) is 4.45. The SMILES string of the molecule is Nc1cc(Cc2ccccn2)ccn1. The van der Waals surface area contributed by atoms with Crippen molar-refractivity contribution in [1.29, 1.82) is 0 Å². The number of pyridine rings is 2. The number of nitrogens with two attached hydrogens (primary N) is 1. The molecule has 2 N–H and O–H groups in total. The molecule has 0 aliphatic carbocycles. The summed E-state index contributed by atoms with van der Waals surface area (Å²) in [5.41, 5.74) is 7.76. The minimum absolute atomic E-state index is 0.554. The second-order valence-electron chi connectivity index (χ2n) is 3.09. The number of rotatable bonds is 2. The summed E-state index contributed by atoms with van der Waals surface area (Å²) in [5, 5.41) is 0. The van der Waals surface area contributed by atoms with Crippen molar-refractivity contribution in [3.63, 3.8) is 0 Å². The van der Waals surface area contributed by atoms with Crippen LogP contribution < -0.4 is 5.73 Å². The van der Waals surface area contributed by atoms with Crippen molar-refractivity contribution in [1.82, 2.24) is 9.97 Å². The van der Waals surface area contributed by atoms with Crippen molar-refractivity contribution in [2.24, 2.45) is 0 Å². The molecular weight excluding hydrogens is 174 g/mol. The van der Waals surface area contributed by atoms with Gasteiger partial charge in [0.1, 0.15) is 5.82 Å². The van der Waals surface area contributed by atoms with Gasteiger partial charge in [-0.1, -0.05) is 6.07 Å². The summed E-state index contributed by atoms with van der Waals surface area (Å²) in [6, 6.07) is 9.70.